The van der Waals surface area contributed by atoms with E-state index in [4.69, 9.17) is 14.2 Å². The van der Waals surface area contributed by atoms with Gasteiger partial charge in [-0.15, -0.1) is 0 Å². The van der Waals surface area contributed by atoms with E-state index in [1.54, 1.807) is 42.5 Å². The largest absolute Gasteiger partial charge is 0.497 e. The lowest BCUT2D eigenvalue weighted by molar-refractivity contribution is -0.120. The molecule has 0 radical (unpaired) electrons. The second-order valence-corrected chi connectivity index (χ2v) is 7.32. The quantitative estimate of drug-likeness (QED) is 0.492. The molecule has 1 aliphatic rings. The third kappa shape index (κ3) is 4.30. The Morgan fingerprint density at radius 1 is 0.853 bits per heavy atom. The number of amides is 2. The van der Waals surface area contributed by atoms with Crippen molar-refractivity contribution in [1.82, 2.24) is 0 Å². The molecule has 1 heterocycles. The number of hydrogen-bond donors (Lipinski definition) is 1. The molecule has 174 valence electrons. The molecule has 1 aliphatic heterocycles. The number of nitrogens with zero attached hydrogens (tertiary/aromatic N) is 1. The first-order valence-corrected chi connectivity index (χ1v) is 10.6. The summed E-state index contributed by atoms with van der Waals surface area (Å²) in [6.45, 7) is 2.41. The molecule has 0 fully saturated rings. The van der Waals surface area contributed by atoms with E-state index in [9.17, 15) is 14.0 Å². The first-order chi connectivity index (χ1) is 16.5. The van der Waals surface area contributed by atoms with Crippen LogP contribution in [0.25, 0.3) is 5.57 Å². The lowest BCUT2D eigenvalue weighted by Gasteiger charge is -2.19. The van der Waals surface area contributed by atoms with Crippen LogP contribution in [0.5, 0.6) is 17.2 Å². The summed E-state index contributed by atoms with van der Waals surface area (Å²) in [5.41, 5.74) is 1.45. The molecule has 7 nitrogen and oxygen atoms in total. The summed E-state index contributed by atoms with van der Waals surface area (Å²) in [6.07, 6.45) is 0. The van der Waals surface area contributed by atoms with E-state index in [0.717, 1.165) is 4.90 Å². The minimum Gasteiger partial charge on any atom is -0.497 e. The van der Waals surface area contributed by atoms with Gasteiger partial charge in [-0.1, -0.05) is 12.1 Å². The number of ether oxygens (including phenoxy) is 3. The lowest BCUT2D eigenvalue weighted by atomic mass is 10.0. The Labute approximate surface area is 196 Å². The Balaban J connectivity index is 1.78. The number of rotatable bonds is 8. The number of benzene rings is 3. The van der Waals surface area contributed by atoms with Crippen LogP contribution in [0.3, 0.4) is 0 Å². The first kappa shape index (κ1) is 22.8. The molecule has 1 N–H and O–H groups in total. The fourth-order valence-corrected chi connectivity index (χ4v) is 3.66. The molecule has 2 amide bonds. The summed E-state index contributed by atoms with van der Waals surface area (Å²) < 4.78 is 29.7. The summed E-state index contributed by atoms with van der Waals surface area (Å²) >= 11 is 0. The van der Waals surface area contributed by atoms with E-state index >= 15 is 0 Å². The number of anilines is 2. The van der Waals surface area contributed by atoms with Crippen LogP contribution in [0.15, 0.2) is 72.4 Å². The Hall–Kier alpha value is -4.33. The molecule has 3 aromatic rings. The molecule has 0 bridgehead atoms. The van der Waals surface area contributed by atoms with Gasteiger partial charge in [0.15, 0.2) is 0 Å². The van der Waals surface area contributed by atoms with Gasteiger partial charge >= 0.3 is 0 Å². The normalized spacial score (nSPS) is 13.4. The van der Waals surface area contributed by atoms with E-state index < -0.39 is 17.6 Å². The molecule has 0 unspecified atom stereocenters. The summed E-state index contributed by atoms with van der Waals surface area (Å²) in [6, 6.07) is 17.2. The highest BCUT2D eigenvalue weighted by Gasteiger charge is 2.41. The summed E-state index contributed by atoms with van der Waals surface area (Å²) in [7, 11) is 2.95. The van der Waals surface area contributed by atoms with Crippen molar-refractivity contribution in [2.24, 2.45) is 0 Å². The third-order valence-corrected chi connectivity index (χ3v) is 5.28. The molecule has 0 saturated carbocycles. The minimum atomic E-state index is -0.568. The highest BCUT2D eigenvalue weighted by atomic mass is 19.1. The van der Waals surface area contributed by atoms with Crippen LogP contribution < -0.4 is 24.4 Å². The number of carbonyl (C=O) groups is 2. The Bertz CT molecular complexity index is 1250. The zero-order chi connectivity index (χ0) is 24.2. The van der Waals surface area contributed by atoms with Gasteiger partial charge in [0.1, 0.15) is 28.8 Å². The van der Waals surface area contributed by atoms with Crippen LogP contribution in [-0.2, 0) is 9.59 Å². The molecule has 4 rings (SSSR count). The van der Waals surface area contributed by atoms with Gasteiger partial charge in [-0.2, -0.15) is 0 Å². The molecule has 0 spiro atoms. The van der Waals surface area contributed by atoms with E-state index in [1.807, 2.05) is 6.92 Å². The van der Waals surface area contributed by atoms with Crippen LogP contribution in [0.2, 0.25) is 0 Å². The maximum Gasteiger partial charge on any atom is 0.282 e. The van der Waals surface area contributed by atoms with Crippen LogP contribution in [0, 0.1) is 5.82 Å². The smallest absolute Gasteiger partial charge is 0.282 e. The summed E-state index contributed by atoms with van der Waals surface area (Å²) in [5, 5.41) is 3.07. The molecule has 0 saturated heterocycles. The fraction of sp³-hybridized carbons (Fsp3) is 0.154. The standard InChI is InChI=1S/C26H23FN2O5/c1-4-34-19-11-9-18(10-12-19)28-24-23(16-5-7-17(27)8-6-16)25(30)29(26(24)31)21-14-13-20(32-2)15-22(21)33-3/h5-15,28H,4H2,1-3H3. The zero-order valence-electron chi connectivity index (χ0n) is 18.9. The summed E-state index contributed by atoms with van der Waals surface area (Å²) in [4.78, 5) is 28.2. The predicted molar refractivity (Wildman–Crippen MR) is 127 cm³/mol. The highest BCUT2D eigenvalue weighted by Crippen LogP contribution is 2.39. The molecule has 8 heteroatoms. The topological polar surface area (TPSA) is 77.1 Å². The Kier molecular flexibility index (Phi) is 6.49. The van der Waals surface area contributed by atoms with Crippen molar-refractivity contribution < 1.29 is 28.2 Å². The number of carbonyl (C=O) groups excluding carboxylic acids is 2. The first-order valence-electron chi connectivity index (χ1n) is 10.6. The number of halogens is 1. The van der Waals surface area contributed by atoms with E-state index in [1.165, 1.54) is 38.5 Å². The van der Waals surface area contributed by atoms with E-state index in [0.29, 0.717) is 35.1 Å². The summed E-state index contributed by atoms with van der Waals surface area (Å²) in [5.74, 6) is -0.0915. The van der Waals surface area contributed by atoms with Crippen molar-refractivity contribution >= 4 is 28.8 Å². The van der Waals surface area contributed by atoms with Crippen molar-refractivity contribution in [3.8, 4) is 17.2 Å². The fourth-order valence-electron chi connectivity index (χ4n) is 3.66. The van der Waals surface area contributed by atoms with Crippen LogP contribution in [-0.4, -0.2) is 32.6 Å². The average Bonchev–Trinajstić information content (AvgIpc) is 3.09. The molecular weight excluding hydrogens is 439 g/mol. The predicted octanol–water partition coefficient (Wildman–Crippen LogP) is 4.64. The monoisotopic (exact) mass is 462 g/mol. The van der Waals surface area contributed by atoms with Crippen molar-refractivity contribution in [1.29, 1.82) is 0 Å². The van der Waals surface area contributed by atoms with Crippen molar-refractivity contribution in [2.45, 2.75) is 6.92 Å². The highest BCUT2D eigenvalue weighted by molar-refractivity contribution is 6.46. The van der Waals surface area contributed by atoms with Gasteiger partial charge in [-0.05, 0) is 61.0 Å². The molecular formula is C26H23FN2O5. The lowest BCUT2D eigenvalue weighted by Crippen LogP contribution is -2.32. The number of imide groups is 1. The van der Waals surface area contributed by atoms with Gasteiger partial charge in [0.2, 0.25) is 0 Å². The van der Waals surface area contributed by atoms with Gasteiger partial charge in [-0.3, -0.25) is 9.59 Å². The van der Waals surface area contributed by atoms with Gasteiger partial charge in [-0.25, -0.2) is 9.29 Å². The molecule has 0 aliphatic carbocycles. The molecule has 3 aromatic carbocycles. The number of hydrogen-bond acceptors (Lipinski definition) is 6. The van der Waals surface area contributed by atoms with Crippen LogP contribution in [0.4, 0.5) is 15.8 Å². The molecule has 0 atom stereocenters. The van der Waals surface area contributed by atoms with Gasteiger partial charge in [0.05, 0.1) is 32.1 Å². The average molecular weight is 462 g/mol. The van der Waals surface area contributed by atoms with Crippen LogP contribution >= 0.6 is 0 Å². The maximum absolute atomic E-state index is 13.6. The second kappa shape index (κ2) is 9.66. The van der Waals surface area contributed by atoms with Gasteiger partial charge < -0.3 is 19.5 Å². The third-order valence-electron chi connectivity index (χ3n) is 5.28. The van der Waals surface area contributed by atoms with Gasteiger partial charge in [0, 0.05) is 11.8 Å². The zero-order valence-corrected chi connectivity index (χ0v) is 18.9. The van der Waals surface area contributed by atoms with Crippen molar-refractivity contribution in [3.05, 3.63) is 83.8 Å². The number of methoxy groups -OCH3 is 2. The van der Waals surface area contributed by atoms with E-state index in [2.05, 4.69) is 5.32 Å². The van der Waals surface area contributed by atoms with Crippen molar-refractivity contribution in [2.75, 3.05) is 31.0 Å². The van der Waals surface area contributed by atoms with Gasteiger partial charge in [0.25, 0.3) is 11.8 Å². The second-order valence-electron chi connectivity index (χ2n) is 7.32. The number of nitrogens with one attached hydrogen (secondary N) is 1. The minimum absolute atomic E-state index is 0.0682. The van der Waals surface area contributed by atoms with Crippen LogP contribution in [0.1, 0.15) is 12.5 Å². The SMILES string of the molecule is CCOc1ccc(NC2=C(c3ccc(F)cc3)C(=O)N(c3ccc(OC)cc3OC)C2=O)cc1. The maximum atomic E-state index is 13.6. The molecule has 34 heavy (non-hydrogen) atoms. The van der Waals surface area contributed by atoms with Crippen molar-refractivity contribution in [3.63, 3.8) is 0 Å². The molecule has 0 aromatic heterocycles. The Morgan fingerprint density at radius 3 is 2.15 bits per heavy atom. The Morgan fingerprint density at radius 2 is 1.53 bits per heavy atom. The van der Waals surface area contributed by atoms with E-state index in [-0.39, 0.29) is 17.0 Å².